The molecule has 3 N–H and O–H groups in total. The number of fused-ring (bicyclic) bond motifs is 1. The number of benzene rings is 2. The Bertz CT molecular complexity index is 958. The monoisotopic (exact) mass is 364 g/mol. The van der Waals surface area contributed by atoms with E-state index in [2.05, 4.69) is 39.3 Å². The van der Waals surface area contributed by atoms with Crippen molar-refractivity contribution in [2.45, 2.75) is 6.54 Å². The summed E-state index contributed by atoms with van der Waals surface area (Å²) < 4.78 is 0. The summed E-state index contributed by atoms with van der Waals surface area (Å²) in [5.41, 5.74) is 3.54. The smallest absolute Gasteiger partial charge is 0.267 e. The Hall–Kier alpha value is -2.99. The van der Waals surface area contributed by atoms with Crippen LogP contribution in [0.1, 0.15) is 16.1 Å². The third-order valence-electron chi connectivity index (χ3n) is 5.13. The SMILES string of the molecule is CN1CCN(c2ccccc2CNC(=O)c2cc3ccc(O)cc3[nH]2)CC1. The molecule has 0 radical (unpaired) electrons. The lowest BCUT2D eigenvalue weighted by Crippen LogP contribution is -2.45. The second kappa shape index (κ2) is 7.32. The zero-order valence-corrected chi connectivity index (χ0v) is 15.4. The summed E-state index contributed by atoms with van der Waals surface area (Å²) >= 11 is 0. The van der Waals surface area contributed by atoms with Crippen LogP contribution in [-0.4, -0.2) is 54.1 Å². The van der Waals surface area contributed by atoms with Crippen molar-refractivity contribution in [2.75, 3.05) is 38.1 Å². The molecule has 6 nitrogen and oxygen atoms in total. The molecule has 1 fully saturated rings. The molecule has 1 aromatic heterocycles. The van der Waals surface area contributed by atoms with Crippen LogP contribution in [0.4, 0.5) is 5.69 Å². The number of nitrogens with one attached hydrogen (secondary N) is 2. The Labute approximate surface area is 158 Å². The van der Waals surface area contributed by atoms with E-state index >= 15 is 0 Å². The predicted octanol–water partition coefficient (Wildman–Crippen LogP) is 2.56. The fourth-order valence-electron chi connectivity index (χ4n) is 3.52. The van der Waals surface area contributed by atoms with Gasteiger partial charge in [-0.2, -0.15) is 0 Å². The van der Waals surface area contributed by atoms with Gasteiger partial charge in [-0.05, 0) is 36.9 Å². The normalized spacial score (nSPS) is 15.2. The molecule has 1 amide bonds. The Morgan fingerprint density at radius 3 is 2.70 bits per heavy atom. The van der Waals surface area contributed by atoms with E-state index in [-0.39, 0.29) is 11.7 Å². The van der Waals surface area contributed by atoms with E-state index in [9.17, 15) is 9.90 Å². The van der Waals surface area contributed by atoms with Gasteiger partial charge >= 0.3 is 0 Å². The molecular formula is C21H24N4O2. The van der Waals surface area contributed by atoms with Crippen LogP contribution in [-0.2, 0) is 6.54 Å². The number of para-hydroxylation sites is 1. The first-order valence-corrected chi connectivity index (χ1v) is 9.21. The van der Waals surface area contributed by atoms with Crippen LogP contribution in [0.15, 0.2) is 48.5 Å². The van der Waals surface area contributed by atoms with E-state index in [0.29, 0.717) is 12.2 Å². The van der Waals surface area contributed by atoms with Crippen molar-refractivity contribution < 1.29 is 9.90 Å². The van der Waals surface area contributed by atoms with Gasteiger partial charge in [0.15, 0.2) is 0 Å². The number of rotatable bonds is 4. The minimum atomic E-state index is -0.154. The fraction of sp³-hybridized carbons (Fsp3) is 0.286. The maximum atomic E-state index is 12.6. The third kappa shape index (κ3) is 3.75. The molecule has 1 saturated heterocycles. The summed E-state index contributed by atoms with van der Waals surface area (Å²) in [7, 11) is 2.14. The number of carbonyl (C=O) groups excluding carboxylic acids is 1. The summed E-state index contributed by atoms with van der Waals surface area (Å²) in [6.07, 6.45) is 0. The van der Waals surface area contributed by atoms with Crippen LogP contribution in [0.5, 0.6) is 5.75 Å². The molecule has 1 aliphatic rings. The topological polar surface area (TPSA) is 71.6 Å². The summed E-state index contributed by atoms with van der Waals surface area (Å²) in [4.78, 5) is 20.4. The molecule has 2 aromatic carbocycles. The van der Waals surface area contributed by atoms with Crippen LogP contribution in [0, 0.1) is 0 Å². The lowest BCUT2D eigenvalue weighted by atomic mass is 10.1. The van der Waals surface area contributed by atoms with Crippen molar-refractivity contribution in [3.63, 3.8) is 0 Å². The molecule has 1 aliphatic heterocycles. The van der Waals surface area contributed by atoms with Gasteiger partial charge in [-0.3, -0.25) is 4.79 Å². The number of aromatic amines is 1. The highest BCUT2D eigenvalue weighted by atomic mass is 16.3. The van der Waals surface area contributed by atoms with E-state index in [0.717, 1.165) is 42.6 Å². The highest BCUT2D eigenvalue weighted by Crippen LogP contribution is 2.23. The lowest BCUT2D eigenvalue weighted by Gasteiger charge is -2.35. The fourth-order valence-corrected chi connectivity index (χ4v) is 3.52. The number of hydrogen-bond acceptors (Lipinski definition) is 4. The number of phenols is 1. The molecule has 0 unspecified atom stereocenters. The maximum Gasteiger partial charge on any atom is 0.267 e. The van der Waals surface area contributed by atoms with Gasteiger partial charge in [0.2, 0.25) is 0 Å². The largest absolute Gasteiger partial charge is 0.508 e. The Morgan fingerprint density at radius 2 is 1.89 bits per heavy atom. The zero-order chi connectivity index (χ0) is 18.8. The van der Waals surface area contributed by atoms with Gasteiger partial charge in [-0.1, -0.05) is 18.2 Å². The number of piperazine rings is 1. The second-order valence-corrected chi connectivity index (χ2v) is 7.06. The molecule has 3 aromatic rings. The summed E-state index contributed by atoms with van der Waals surface area (Å²) in [6.45, 7) is 4.55. The Kier molecular flexibility index (Phi) is 4.73. The van der Waals surface area contributed by atoms with Gasteiger partial charge in [-0.25, -0.2) is 0 Å². The number of amides is 1. The second-order valence-electron chi connectivity index (χ2n) is 7.06. The molecule has 27 heavy (non-hydrogen) atoms. The number of hydrogen-bond donors (Lipinski definition) is 3. The van der Waals surface area contributed by atoms with Crippen molar-refractivity contribution in [3.05, 3.63) is 59.8 Å². The lowest BCUT2D eigenvalue weighted by molar-refractivity contribution is 0.0947. The number of carbonyl (C=O) groups is 1. The predicted molar refractivity (Wildman–Crippen MR) is 107 cm³/mol. The van der Waals surface area contributed by atoms with Crippen LogP contribution < -0.4 is 10.2 Å². The van der Waals surface area contributed by atoms with E-state index in [1.54, 1.807) is 24.3 Å². The van der Waals surface area contributed by atoms with Gasteiger partial charge in [0.05, 0.1) is 0 Å². The van der Waals surface area contributed by atoms with Crippen molar-refractivity contribution in [2.24, 2.45) is 0 Å². The number of likely N-dealkylation sites (N-methyl/N-ethyl adjacent to an activating group) is 1. The number of aromatic hydroxyl groups is 1. The third-order valence-corrected chi connectivity index (χ3v) is 5.13. The average molecular weight is 364 g/mol. The maximum absolute atomic E-state index is 12.6. The molecule has 0 bridgehead atoms. The first-order valence-electron chi connectivity index (χ1n) is 9.21. The van der Waals surface area contributed by atoms with Crippen LogP contribution >= 0.6 is 0 Å². The van der Waals surface area contributed by atoms with Crippen molar-refractivity contribution in [1.29, 1.82) is 0 Å². The number of phenolic OH excluding ortho intramolecular Hbond substituents is 1. The molecule has 0 aliphatic carbocycles. The molecule has 2 heterocycles. The average Bonchev–Trinajstić information content (AvgIpc) is 3.10. The number of H-pyrrole nitrogens is 1. The van der Waals surface area contributed by atoms with Crippen LogP contribution in [0.25, 0.3) is 10.9 Å². The molecule has 0 spiro atoms. The molecule has 4 rings (SSSR count). The first-order chi connectivity index (χ1) is 13.1. The van der Waals surface area contributed by atoms with Gasteiger partial charge in [0.1, 0.15) is 11.4 Å². The summed E-state index contributed by atoms with van der Waals surface area (Å²) in [5, 5.41) is 13.5. The highest BCUT2D eigenvalue weighted by Gasteiger charge is 2.17. The first kappa shape index (κ1) is 17.4. The van der Waals surface area contributed by atoms with E-state index in [4.69, 9.17) is 0 Å². The molecule has 0 atom stereocenters. The van der Waals surface area contributed by atoms with E-state index in [1.807, 2.05) is 12.1 Å². The van der Waals surface area contributed by atoms with Crippen LogP contribution in [0.2, 0.25) is 0 Å². The number of aromatic nitrogens is 1. The number of nitrogens with zero attached hydrogens (tertiary/aromatic N) is 2. The van der Waals surface area contributed by atoms with Crippen molar-refractivity contribution >= 4 is 22.5 Å². The van der Waals surface area contributed by atoms with Gasteiger partial charge in [0, 0.05) is 55.4 Å². The summed E-state index contributed by atoms with van der Waals surface area (Å²) in [5.74, 6) is 0.0243. The minimum Gasteiger partial charge on any atom is -0.508 e. The van der Waals surface area contributed by atoms with Gasteiger partial charge < -0.3 is 25.2 Å². The molecular weight excluding hydrogens is 340 g/mol. The summed E-state index contributed by atoms with van der Waals surface area (Å²) in [6, 6.07) is 15.1. The van der Waals surface area contributed by atoms with Crippen molar-refractivity contribution in [1.82, 2.24) is 15.2 Å². The molecule has 6 heteroatoms. The highest BCUT2D eigenvalue weighted by molar-refractivity contribution is 5.98. The van der Waals surface area contributed by atoms with E-state index < -0.39 is 0 Å². The Balaban J connectivity index is 1.47. The zero-order valence-electron chi connectivity index (χ0n) is 15.4. The van der Waals surface area contributed by atoms with Gasteiger partial charge in [-0.15, -0.1) is 0 Å². The van der Waals surface area contributed by atoms with Gasteiger partial charge in [0.25, 0.3) is 5.91 Å². The van der Waals surface area contributed by atoms with E-state index in [1.165, 1.54) is 5.69 Å². The van der Waals surface area contributed by atoms with Crippen molar-refractivity contribution in [3.8, 4) is 5.75 Å². The standard InChI is InChI=1S/C21H24N4O2/c1-24-8-10-25(11-9-24)20-5-3-2-4-16(20)14-22-21(27)19-12-15-6-7-17(26)13-18(15)23-19/h2-7,12-13,23,26H,8-11,14H2,1H3,(H,22,27). The molecule has 140 valence electrons. The molecule has 0 saturated carbocycles. The van der Waals surface area contributed by atoms with Crippen LogP contribution in [0.3, 0.4) is 0 Å². The Morgan fingerprint density at radius 1 is 1.11 bits per heavy atom. The quantitative estimate of drug-likeness (QED) is 0.665. The minimum absolute atomic E-state index is 0.154. The number of anilines is 1.